The second-order valence-electron chi connectivity index (χ2n) is 11.5. The third-order valence-corrected chi connectivity index (χ3v) is 7.63. The summed E-state index contributed by atoms with van der Waals surface area (Å²) in [6.45, 7) is 11.7. The minimum atomic E-state index is -0.299. The molecule has 2 aromatic rings. The number of likely N-dealkylation sites (tertiary alicyclic amines) is 2. The van der Waals surface area contributed by atoms with Crippen molar-refractivity contribution in [2.45, 2.75) is 84.1 Å². The molecule has 0 spiro atoms. The van der Waals surface area contributed by atoms with Crippen molar-refractivity contribution < 1.29 is 14.3 Å². The van der Waals surface area contributed by atoms with Crippen LogP contribution in [0, 0.1) is 5.92 Å². The van der Waals surface area contributed by atoms with E-state index in [0.717, 1.165) is 29.7 Å². The number of benzene rings is 2. The second-order valence-corrected chi connectivity index (χ2v) is 11.5. The van der Waals surface area contributed by atoms with Crippen LogP contribution in [0.3, 0.4) is 0 Å². The molecule has 0 saturated carbocycles. The maximum atomic E-state index is 14.0. The van der Waals surface area contributed by atoms with E-state index < -0.39 is 0 Å². The van der Waals surface area contributed by atoms with Gasteiger partial charge in [0.15, 0.2) is 0 Å². The van der Waals surface area contributed by atoms with Crippen LogP contribution >= 0.6 is 0 Å². The van der Waals surface area contributed by atoms with Gasteiger partial charge in [-0.05, 0) is 49.3 Å². The highest BCUT2D eigenvalue weighted by Crippen LogP contribution is 2.38. The van der Waals surface area contributed by atoms with Gasteiger partial charge in [0.2, 0.25) is 11.8 Å². The average molecular weight is 492 g/mol. The topological polar surface area (TPSA) is 61.9 Å². The zero-order chi connectivity index (χ0) is 26.0. The SMILES string of the molecule is COc1ccc(C(C)(C)C)cc1CNC1CCC(c2ccccc2)N1C(=O)C1CC(=O)N(C(C)C)C1. The zero-order valence-electron chi connectivity index (χ0n) is 22.6. The number of nitrogens with one attached hydrogen (secondary N) is 1. The second kappa shape index (κ2) is 10.6. The molecule has 2 aliphatic rings. The van der Waals surface area contributed by atoms with Crippen LogP contribution in [0.5, 0.6) is 5.75 Å². The fraction of sp³-hybridized carbons (Fsp3) is 0.533. The number of nitrogens with zero attached hydrogens (tertiary/aromatic N) is 2. The van der Waals surface area contributed by atoms with Crippen LogP contribution in [-0.2, 0) is 21.5 Å². The monoisotopic (exact) mass is 491 g/mol. The fourth-order valence-corrected chi connectivity index (χ4v) is 5.54. The van der Waals surface area contributed by atoms with Crippen LogP contribution in [0.25, 0.3) is 0 Å². The Kier molecular flexibility index (Phi) is 7.74. The highest BCUT2D eigenvalue weighted by Gasteiger charge is 2.44. The highest BCUT2D eigenvalue weighted by molar-refractivity contribution is 5.90. The molecule has 0 aromatic heterocycles. The van der Waals surface area contributed by atoms with Crippen molar-refractivity contribution in [2.75, 3.05) is 13.7 Å². The Morgan fingerprint density at radius 3 is 2.44 bits per heavy atom. The van der Waals surface area contributed by atoms with E-state index in [1.807, 2.05) is 47.9 Å². The van der Waals surface area contributed by atoms with E-state index in [9.17, 15) is 9.59 Å². The molecule has 36 heavy (non-hydrogen) atoms. The molecule has 3 unspecified atom stereocenters. The number of rotatable bonds is 7. The lowest BCUT2D eigenvalue weighted by atomic mass is 9.86. The first-order valence-electron chi connectivity index (χ1n) is 13.2. The summed E-state index contributed by atoms with van der Waals surface area (Å²) >= 11 is 0. The van der Waals surface area contributed by atoms with Crippen molar-refractivity contribution in [2.24, 2.45) is 5.92 Å². The van der Waals surface area contributed by atoms with Crippen LogP contribution in [0.4, 0.5) is 0 Å². The number of carbonyl (C=O) groups excluding carboxylic acids is 2. The maximum Gasteiger partial charge on any atom is 0.229 e. The van der Waals surface area contributed by atoms with Crippen LogP contribution in [-0.4, -0.2) is 47.5 Å². The molecule has 2 aromatic carbocycles. The van der Waals surface area contributed by atoms with Crippen molar-refractivity contribution in [1.29, 1.82) is 0 Å². The standard InChI is InChI=1S/C30H41N3O3/c1-20(2)32-19-23(17-28(32)34)29(35)33-25(21-10-8-7-9-11-21)13-15-27(33)31-18-22-16-24(30(3,4)5)12-14-26(22)36-6/h7-12,14,16,20,23,25,27,31H,13,15,17-19H2,1-6H3. The summed E-state index contributed by atoms with van der Waals surface area (Å²) in [7, 11) is 1.70. The van der Waals surface area contributed by atoms with Gasteiger partial charge in [-0.1, -0.05) is 63.2 Å². The van der Waals surface area contributed by atoms with Gasteiger partial charge < -0.3 is 14.5 Å². The molecule has 2 amide bonds. The van der Waals surface area contributed by atoms with E-state index in [1.54, 1.807) is 7.11 Å². The van der Waals surface area contributed by atoms with E-state index in [0.29, 0.717) is 19.5 Å². The van der Waals surface area contributed by atoms with Gasteiger partial charge in [-0.15, -0.1) is 0 Å². The van der Waals surface area contributed by atoms with Crippen LogP contribution in [0.2, 0.25) is 0 Å². The van der Waals surface area contributed by atoms with Crippen molar-refractivity contribution in [3.8, 4) is 5.75 Å². The molecule has 0 radical (unpaired) electrons. The molecule has 6 heteroatoms. The van der Waals surface area contributed by atoms with Crippen molar-refractivity contribution in [1.82, 2.24) is 15.1 Å². The Bertz CT molecular complexity index is 1080. The van der Waals surface area contributed by atoms with E-state index in [-0.39, 0.29) is 41.4 Å². The van der Waals surface area contributed by atoms with Gasteiger partial charge >= 0.3 is 0 Å². The van der Waals surface area contributed by atoms with Crippen molar-refractivity contribution in [3.05, 3.63) is 65.2 Å². The Morgan fingerprint density at radius 2 is 1.83 bits per heavy atom. The maximum absolute atomic E-state index is 14.0. The Morgan fingerprint density at radius 1 is 1.11 bits per heavy atom. The zero-order valence-corrected chi connectivity index (χ0v) is 22.6. The lowest BCUT2D eigenvalue weighted by molar-refractivity contribution is -0.139. The van der Waals surface area contributed by atoms with Gasteiger partial charge in [0.25, 0.3) is 0 Å². The summed E-state index contributed by atoms with van der Waals surface area (Å²) in [4.78, 5) is 30.4. The Hall–Kier alpha value is -2.86. The van der Waals surface area contributed by atoms with Crippen LogP contribution < -0.4 is 10.1 Å². The third-order valence-electron chi connectivity index (χ3n) is 7.63. The first-order chi connectivity index (χ1) is 17.1. The van der Waals surface area contributed by atoms with Gasteiger partial charge in [-0.2, -0.15) is 0 Å². The summed E-state index contributed by atoms with van der Waals surface area (Å²) in [5.41, 5.74) is 3.52. The van der Waals surface area contributed by atoms with Gasteiger partial charge in [0.1, 0.15) is 5.75 Å². The Balaban J connectivity index is 1.58. The van der Waals surface area contributed by atoms with Gasteiger partial charge in [-0.3, -0.25) is 14.9 Å². The van der Waals surface area contributed by atoms with Gasteiger partial charge in [-0.25, -0.2) is 0 Å². The fourth-order valence-electron chi connectivity index (χ4n) is 5.54. The predicted octanol–water partition coefficient (Wildman–Crippen LogP) is 5.03. The Labute approximate surface area is 216 Å². The first kappa shape index (κ1) is 26.2. The molecule has 2 saturated heterocycles. The molecule has 2 heterocycles. The summed E-state index contributed by atoms with van der Waals surface area (Å²) in [6.07, 6.45) is 1.94. The normalized spacial score (nSPS) is 22.5. The smallest absolute Gasteiger partial charge is 0.229 e. The number of hydrogen-bond donors (Lipinski definition) is 1. The van der Waals surface area contributed by atoms with Crippen LogP contribution in [0.1, 0.15) is 76.6 Å². The van der Waals surface area contributed by atoms with Gasteiger partial charge in [0, 0.05) is 31.1 Å². The summed E-state index contributed by atoms with van der Waals surface area (Å²) in [6, 6.07) is 16.7. The average Bonchev–Trinajstić information content (AvgIpc) is 3.46. The van der Waals surface area contributed by atoms with Crippen molar-refractivity contribution >= 4 is 11.8 Å². The van der Waals surface area contributed by atoms with E-state index in [2.05, 4.69) is 50.4 Å². The largest absolute Gasteiger partial charge is 0.496 e. The molecule has 2 fully saturated rings. The van der Waals surface area contributed by atoms with Crippen LogP contribution in [0.15, 0.2) is 48.5 Å². The minimum absolute atomic E-state index is 0.00204. The predicted molar refractivity (Wildman–Crippen MR) is 143 cm³/mol. The molecule has 0 aliphatic carbocycles. The molecule has 0 bridgehead atoms. The van der Waals surface area contributed by atoms with E-state index >= 15 is 0 Å². The molecule has 6 nitrogen and oxygen atoms in total. The number of ether oxygens (including phenoxy) is 1. The molecule has 2 aliphatic heterocycles. The first-order valence-corrected chi connectivity index (χ1v) is 13.2. The molecular weight excluding hydrogens is 450 g/mol. The third kappa shape index (κ3) is 5.44. The molecular formula is C30H41N3O3. The molecule has 3 atom stereocenters. The van der Waals surface area contributed by atoms with E-state index in [4.69, 9.17) is 4.74 Å². The number of hydrogen-bond acceptors (Lipinski definition) is 4. The molecule has 4 rings (SSSR count). The quantitative estimate of drug-likeness (QED) is 0.590. The number of methoxy groups -OCH3 is 1. The highest BCUT2D eigenvalue weighted by atomic mass is 16.5. The van der Waals surface area contributed by atoms with Crippen molar-refractivity contribution in [3.63, 3.8) is 0 Å². The van der Waals surface area contributed by atoms with Gasteiger partial charge in [0.05, 0.1) is 25.2 Å². The number of carbonyl (C=O) groups is 2. The molecule has 194 valence electrons. The minimum Gasteiger partial charge on any atom is -0.496 e. The lowest BCUT2D eigenvalue weighted by Gasteiger charge is -2.33. The molecule has 1 N–H and O–H groups in total. The van der Waals surface area contributed by atoms with E-state index in [1.165, 1.54) is 5.56 Å². The number of amides is 2. The lowest BCUT2D eigenvalue weighted by Crippen LogP contribution is -2.48. The summed E-state index contributed by atoms with van der Waals surface area (Å²) in [5, 5.41) is 3.68. The summed E-state index contributed by atoms with van der Waals surface area (Å²) < 4.78 is 5.66. The summed E-state index contributed by atoms with van der Waals surface area (Å²) in [5.74, 6) is 0.699.